The minimum atomic E-state index is -1.31. The van der Waals surface area contributed by atoms with E-state index in [0.29, 0.717) is 39.4 Å². The lowest BCUT2D eigenvalue weighted by molar-refractivity contribution is -0.136. The molecule has 152 valence electrons. The predicted molar refractivity (Wildman–Crippen MR) is 115 cm³/mol. The molecule has 1 heterocycles. The Balaban J connectivity index is 2.45. The highest BCUT2D eigenvalue weighted by Gasteiger charge is 2.29. The van der Waals surface area contributed by atoms with Crippen LogP contribution in [0.15, 0.2) is 82.3 Å². The predicted octanol–water partition coefficient (Wildman–Crippen LogP) is 5.34. The molecule has 0 spiro atoms. The molecule has 0 bridgehead atoms. The van der Waals surface area contributed by atoms with Crippen LogP contribution in [0.1, 0.15) is 35.1 Å². The molecule has 0 atom stereocenters. The Morgan fingerprint density at radius 3 is 1.60 bits per heavy atom. The van der Waals surface area contributed by atoms with Gasteiger partial charge in [0.25, 0.3) is 0 Å². The fourth-order valence-corrected chi connectivity index (χ4v) is 3.60. The van der Waals surface area contributed by atoms with Crippen molar-refractivity contribution in [3.63, 3.8) is 0 Å². The van der Waals surface area contributed by atoms with E-state index in [9.17, 15) is 19.8 Å². The molecule has 5 heteroatoms. The number of hydrogen-bond donors (Lipinski definition) is 2. The van der Waals surface area contributed by atoms with Crippen LogP contribution in [0.3, 0.4) is 0 Å². The summed E-state index contributed by atoms with van der Waals surface area (Å²) in [6, 6.07) is 19.6. The van der Waals surface area contributed by atoms with E-state index in [1.54, 1.807) is 75.4 Å². The molecule has 0 saturated carbocycles. The van der Waals surface area contributed by atoms with E-state index in [0.717, 1.165) is 0 Å². The van der Waals surface area contributed by atoms with Crippen LogP contribution >= 0.6 is 0 Å². The first-order valence-electron chi connectivity index (χ1n) is 9.41. The molecule has 0 saturated heterocycles. The van der Waals surface area contributed by atoms with Crippen LogP contribution in [0.2, 0.25) is 0 Å². The van der Waals surface area contributed by atoms with E-state index >= 15 is 0 Å². The van der Waals surface area contributed by atoms with Crippen molar-refractivity contribution in [1.82, 2.24) is 0 Å². The molecule has 0 unspecified atom stereocenters. The van der Waals surface area contributed by atoms with E-state index in [-0.39, 0.29) is 11.1 Å². The number of carboxylic acid groups (broad SMARTS) is 2. The summed E-state index contributed by atoms with van der Waals surface area (Å²) in [5.41, 5.74) is 1.95. The first-order valence-corrected chi connectivity index (χ1v) is 9.41. The highest BCUT2D eigenvalue weighted by atomic mass is 16.4. The zero-order chi connectivity index (χ0) is 21.8. The summed E-state index contributed by atoms with van der Waals surface area (Å²) in [7, 11) is 0. The molecule has 3 rings (SSSR count). The van der Waals surface area contributed by atoms with Gasteiger partial charge in [-0.15, -0.1) is 0 Å². The van der Waals surface area contributed by atoms with Gasteiger partial charge in [0.1, 0.15) is 11.5 Å². The second-order valence-corrected chi connectivity index (χ2v) is 6.92. The monoisotopic (exact) mass is 402 g/mol. The molecular formula is C25H22O5. The van der Waals surface area contributed by atoms with Crippen LogP contribution in [0.5, 0.6) is 0 Å². The number of rotatable bonds is 6. The number of carbonyl (C=O) groups is 2. The second kappa shape index (κ2) is 8.66. The minimum absolute atomic E-state index is 0.268. The first-order chi connectivity index (χ1) is 14.3. The van der Waals surface area contributed by atoms with Gasteiger partial charge in [-0.2, -0.15) is 0 Å². The molecule has 0 amide bonds. The number of benzene rings is 2. The maximum absolute atomic E-state index is 12.5. The van der Waals surface area contributed by atoms with E-state index in [1.165, 1.54) is 0 Å². The lowest BCUT2D eigenvalue weighted by atomic mass is 9.86. The van der Waals surface area contributed by atoms with Gasteiger partial charge in [-0.05, 0) is 43.5 Å². The van der Waals surface area contributed by atoms with E-state index in [1.807, 2.05) is 12.1 Å². The summed E-state index contributed by atoms with van der Waals surface area (Å²) < 4.78 is 5.54. The normalized spacial score (nSPS) is 11.6. The maximum atomic E-state index is 12.5. The average molecular weight is 402 g/mol. The number of aryl methyl sites for hydroxylation is 2. The molecule has 0 aliphatic rings. The molecule has 2 N–H and O–H groups in total. The number of hydrogen-bond acceptors (Lipinski definition) is 3. The molecular weight excluding hydrogens is 380 g/mol. The summed E-state index contributed by atoms with van der Waals surface area (Å²) in [4.78, 5) is 24.8. The summed E-state index contributed by atoms with van der Waals surface area (Å²) in [5, 5.41) is 20.3. The van der Waals surface area contributed by atoms with Crippen LogP contribution in [0.4, 0.5) is 0 Å². The molecule has 0 aliphatic heterocycles. The third-order valence-electron chi connectivity index (χ3n) is 4.87. The van der Waals surface area contributed by atoms with Crippen molar-refractivity contribution in [1.29, 1.82) is 0 Å². The zero-order valence-corrected chi connectivity index (χ0v) is 17.0. The van der Waals surface area contributed by atoms with Gasteiger partial charge in [-0.3, -0.25) is 0 Å². The van der Waals surface area contributed by atoms with Crippen molar-refractivity contribution in [2.75, 3.05) is 0 Å². The number of allylic oxidation sites excluding steroid dienone is 1. The number of aliphatic carboxylic acids is 2. The van der Waals surface area contributed by atoms with E-state index in [4.69, 9.17) is 4.42 Å². The first kappa shape index (κ1) is 20.9. The molecule has 5 nitrogen and oxygen atoms in total. The van der Waals surface area contributed by atoms with Crippen molar-refractivity contribution in [3.05, 3.63) is 106 Å². The lowest BCUT2D eigenvalue weighted by Gasteiger charge is -2.16. The third kappa shape index (κ3) is 4.10. The Morgan fingerprint density at radius 1 is 0.767 bits per heavy atom. The van der Waals surface area contributed by atoms with Crippen molar-refractivity contribution in [3.8, 4) is 0 Å². The summed E-state index contributed by atoms with van der Waals surface area (Å²) >= 11 is 0. The molecule has 1 aromatic heterocycles. The quantitative estimate of drug-likeness (QED) is 0.429. The van der Waals surface area contributed by atoms with Gasteiger partial charge in [0.15, 0.2) is 0 Å². The fraction of sp³-hybridized carbons (Fsp3) is 0.120. The topological polar surface area (TPSA) is 87.7 Å². The van der Waals surface area contributed by atoms with Gasteiger partial charge in [0.2, 0.25) is 0 Å². The van der Waals surface area contributed by atoms with Gasteiger partial charge in [0, 0.05) is 11.1 Å². The van der Waals surface area contributed by atoms with Crippen molar-refractivity contribution >= 4 is 23.1 Å². The summed E-state index contributed by atoms with van der Waals surface area (Å²) in [5.74, 6) is -1.46. The minimum Gasteiger partial charge on any atom is -0.478 e. The highest BCUT2D eigenvalue weighted by molar-refractivity contribution is 6.16. The van der Waals surface area contributed by atoms with Gasteiger partial charge in [-0.25, -0.2) is 9.59 Å². The van der Waals surface area contributed by atoms with Gasteiger partial charge in [0.05, 0.1) is 11.1 Å². The maximum Gasteiger partial charge on any atom is 0.337 e. The van der Waals surface area contributed by atoms with E-state index in [2.05, 4.69) is 0 Å². The Labute approximate surface area is 174 Å². The number of carboxylic acids is 2. The van der Waals surface area contributed by atoms with Crippen LogP contribution in [-0.4, -0.2) is 22.2 Å². The molecule has 2 aromatic carbocycles. The Morgan fingerprint density at radius 2 is 1.23 bits per heavy atom. The summed E-state index contributed by atoms with van der Waals surface area (Å²) in [6.45, 7) is 5.10. The molecule has 0 fully saturated rings. The summed E-state index contributed by atoms with van der Waals surface area (Å²) in [6.07, 6.45) is 0. The van der Waals surface area contributed by atoms with Gasteiger partial charge < -0.3 is 14.6 Å². The average Bonchev–Trinajstić information content (AvgIpc) is 3.06. The number of furan rings is 1. The van der Waals surface area contributed by atoms with Gasteiger partial charge >= 0.3 is 11.9 Å². The van der Waals surface area contributed by atoms with Crippen molar-refractivity contribution < 1.29 is 24.2 Å². The van der Waals surface area contributed by atoms with Crippen molar-refractivity contribution in [2.24, 2.45) is 0 Å². The third-order valence-corrected chi connectivity index (χ3v) is 4.87. The largest absolute Gasteiger partial charge is 0.478 e. The van der Waals surface area contributed by atoms with Gasteiger partial charge in [-0.1, -0.05) is 60.7 Å². The van der Waals surface area contributed by atoms with Crippen LogP contribution < -0.4 is 0 Å². The standard InChI is InChI=1S/C25H22O5/c1-15-14-20(17(3)30-15)16(2)21(24(26)27)23(25(28)29)22(18-10-6-4-7-11-18)19-12-8-5-9-13-19/h4-14H,1-3H3,(H,26,27)(H,28,29)/b21-16+. The lowest BCUT2D eigenvalue weighted by Crippen LogP contribution is -2.16. The molecule has 0 radical (unpaired) electrons. The Kier molecular flexibility index (Phi) is 6.02. The molecule has 0 aliphatic carbocycles. The second-order valence-electron chi connectivity index (χ2n) is 6.92. The fourth-order valence-electron chi connectivity index (χ4n) is 3.60. The van der Waals surface area contributed by atoms with Crippen LogP contribution in [0.25, 0.3) is 11.1 Å². The molecule has 30 heavy (non-hydrogen) atoms. The molecule has 3 aromatic rings. The SMILES string of the molecule is C/C(=C(\C(=O)O)C(C(=O)O)=C(c1ccccc1)c1ccccc1)c1cc(C)oc1C. The highest BCUT2D eigenvalue weighted by Crippen LogP contribution is 2.35. The van der Waals surface area contributed by atoms with Crippen molar-refractivity contribution in [2.45, 2.75) is 20.8 Å². The Bertz CT molecular complexity index is 1110. The van der Waals surface area contributed by atoms with Crippen LogP contribution in [-0.2, 0) is 9.59 Å². The van der Waals surface area contributed by atoms with Crippen LogP contribution in [0, 0.1) is 13.8 Å². The van der Waals surface area contributed by atoms with E-state index < -0.39 is 11.9 Å². The zero-order valence-electron chi connectivity index (χ0n) is 17.0. The smallest absolute Gasteiger partial charge is 0.337 e. The Hall–Kier alpha value is -3.86.